The number of aromatic nitrogens is 2. The molecule has 1 aliphatic rings. The fourth-order valence-electron chi connectivity index (χ4n) is 2.76. The highest BCUT2D eigenvalue weighted by Gasteiger charge is 2.25. The van der Waals surface area contributed by atoms with Crippen LogP contribution in [0.1, 0.15) is 27.2 Å². The number of hydrogen-bond acceptors (Lipinski definition) is 9. The molecular weight excluding hydrogens is 436 g/mol. The van der Waals surface area contributed by atoms with Crippen molar-refractivity contribution in [2.75, 3.05) is 11.9 Å². The van der Waals surface area contributed by atoms with E-state index in [2.05, 4.69) is 20.3 Å². The summed E-state index contributed by atoms with van der Waals surface area (Å²) in [6.45, 7) is 3.70. The fraction of sp³-hybridized carbons (Fsp3) is 0.167. The Balaban J connectivity index is 1.69. The Kier molecular flexibility index (Phi) is 5.07. The number of carbonyl (C=O) groups excluding carboxylic acids is 2. The number of aromatic hydroxyl groups is 1. The van der Waals surface area contributed by atoms with Crippen molar-refractivity contribution in [3.8, 4) is 5.88 Å². The lowest BCUT2D eigenvalue weighted by Gasteiger charge is -1.97. The van der Waals surface area contributed by atoms with E-state index in [4.69, 9.17) is 16.3 Å². The lowest BCUT2D eigenvalue weighted by molar-refractivity contribution is -0.112. The average Bonchev–Trinajstić information content (AvgIpc) is 3.29. The van der Waals surface area contributed by atoms with E-state index in [-0.39, 0.29) is 22.9 Å². The number of anilines is 2. The maximum Gasteiger partial charge on any atom is 0.350 e. The number of carbonyl (C=O) groups is 2. The van der Waals surface area contributed by atoms with Crippen LogP contribution in [0.2, 0.25) is 5.02 Å². The topological polar surface area (TPSA) is 114 Å². The van der Waals surface area contributed by atoms with Gasteiger partial charge in [-0.3, -0.25) is 4.79 Å². The largest absolute Gasteiger partial charge is 0.492 e. The minimum absolute atomic E-state index is 0.244. The Morgan fingerprint density at radius 1 is 1.28 bits per heavy atom. The number of hydrogen-bond donors (Lipinski definition) is 2. The summed E-state index contributed by atoms with van der Waals surface area (Å²) in [5.41, 5.74) is 0.771. The summed E-state index contributed by atoms with van der Waals surface area (Å²) in [6, 6.07) is 4.92. The van der Waals surface area contributed by atoms with E-state index >= 15 is 0 Å². The van der Waals surface area contributed by atoms with Crippen molar-refractivity contribution >= 4 is 62.0 Å². The van der Waals surface area contributed by atoms with Crippen molar-refractivity contribution in [1.29, 1.82) is 0 Å². The highest BCUT2D eigenvalue weighted by molar-refractivity contribution is 7.19. The molecule has 0 spiro atoms. The maximum absolute atomic E-state index is 12.4. The quantitative estimate of drug-likeness (QED) is 0.576. The summed E-state index contributed by atoms with van der Waals surface area (Å²) in [5.74, 6) is -1.22. The van der Waals surface area contributed by atoms with Crippen LogP contribution >= 0.6 is 34.3 Å². The van der Waals surface area contributed by atoms with E-state index in [9.17, 15) is 14.7 Å². The molecule has 1 aromatic carbocycles. The molecule has 0 bridgehead atoms. The molecule has 0 saturated carbocycles. The van der Waals surface area contributed by atoms with E-state index in [1.54, 1.807) is 32.0 Å². The minimum atomic E-state index is -0.470. The normalized spacial score (nSPS) is 12.7. The van der Waals surface area contributed by atoms with Crippen LogP contribution in [0, 0.1) is 6.92 Å². The molecule has 0 fully saturated rings. The molecule has 0 radical (unpaired) electrons. The lowest BCUT2D eigenvalue weighted by atomic mass is 10.1. The molecule has 2 N–H and O–H groups in total. The molecular formula is C18H13ClN4O4S2. The van der Waals surface area contributed by atoms with Crippen molar-refractivity contribution in [3.05, 3.63) is 49.2 Å². The second kappa shape index (κ2) is 7.54. The fourth-order valence-corrected chi connectivity index (χ4v) is 4.77. The highest BCUT2D eigenvalue weighted by atomic mass is 35.5. The monoisotopic (exact) mass is 448 g/mol. The van der Waals surface area contributed by atoms with Gasteiger partial charge in [0, 0.05) is 10.2 Å². The zero-order valence-corrected chi connectivity index (χ0v) is 17.5. The molecule has 3 heterocycles. The Bertz CT molecular complexity index is 1280. The molecule has 0 aliphatic carbocycles. The molecule has 8 nitrogen and oxygen atoms in total. The van der Waals surface area contributed by atoms with Crippen LogP contribution in [-0.2, 0) is 9.53 Å². The molecule has 148 valence electrons. The Morgan fingerprint density at radius 2 is 2.03 bits per heavy atom. The van der Waals surface area contributed by atoms with Gasteiger partial charge in [-0.15, -0.1) is 0 Å². The number of benzene rings is 1. The first-order chi connectivity index (χ1) is 13.9. The number of amides is 1. The number of nitrogens with one attached hydrogen (secondary N) is 1. The number of ether oxygens (including phenoxy) is 1. The lowest BCUT2D eigenvalue weighted by Crippen LogP contribution is -2.22. The van der Waals surface area contributed by atoms with Crippen LogP contribution in [0.15, 0.2) is 23.2 Å². The third-order valence-electron chi connectivity index (χ3n) is 3.97. The van der Waals surface area contributed by atoms with Crippen LogP contribution in [0.25, 0.3) is 5.57 Å². The Hall–Kier alpha value is -2.82. The van der Waals surface area contributed by atoms with Crippen molar-refractivity contribution < 1.29 is 19.4 Å². The number of esters is 1. The molecule has 11 heteroatoms. The predicted molar refractivity (Wildman–Crippen MR) is 110 cm³/mol. The van der Waals surface area contributed by atoms with Gasteiger partial charge >= 0.3 is 5.97 Å². The SMILES string of the molecule is CCOC(=O)c1sc(Nc2nc(O)c(C3=c4cc(Cl)ccc4=NC3=O)s2)nc1C. The maximum atomic E-state index is 12.4. The van der Waals surface area contributed by atoms with E-state index in [0.717, 1.165) is 22.7 Å². The van der Waals surface area contributed by atoms with Crippen molar-refractivity contribution in [3.63, 3.8) is 0 Å². The third kappa shape index (κ3) is 3.61. The zero-order valence-electron chi connectivity index (χ0n) is 15.1. The summed E-state index contributed by atoms with van der Waals surface area (Å²) < 4.78 is 5.01. The van der Waals surface area contributed by atoms with Crippen LogP contribution in [0.3, 0.4) is 0 Å². The van der Waals surface area contributed by atoms with E-state index in [1.165, 1.54) is 0 Å². The number of thiazole rings is 2. The second-order valence-corrected chi connectivity index (χ2v) is 8.34. The third-order valence-corrected chi connectivity index (χ3v) is 6.24. The van der Waals surface area contributed by atoms with Gasteiger partial charge in [-0.1, -0.05) is 34.3 Å². The summed E-state index contributed by atoms with van der Waals surface area (Å²) in [6.07, 6.45) is 0. The van der Waals surface area contributed by atoms with Crippen molar-refractivity contribution in [2.24, 2.45) is 4.99 Å². The van der Waals surface area contributed by atoms with Gasteiger partial charge in [-0.05, 0) is 32.0 Å². The van der Waals surface area contributed by atoms with E-state index in [0.29, 0.717) is 36.4 Å². The molecule has 4 rings (SSSR count). The van der Waals surface area contributed by atoms with Gasteiger partial charge in [-0.2, -0.15) is 4.98 Å². The van der Waals surface area contributed by atoms with Crippen molar-refractivity contribution in [1.82, 2.24) is 9.97 Å². The molecule has 1 amide bonds. The van der Waals surface area contributed by atoms with Gasteiger partial charge in [0.2, 0.25) is 5.88 Å². The first-order valence-corrected chi connectivity index (χ1v) is 10.4. The number of aryl methyl sites for hydroxylation is 1. The van der Waals surface area contributed by atoms with Gasteiger partial charge < -0.3 is 15.2 Å². The second-order valence-electron chi connectivity index (χ2n) is 5.90. The predicted octanol–water partition coefficient (Wildman–Crippen LogP) is 2.55. The number of rotatable bonds is 5. The summed E-state index contributed by atoms with van der Waals surface area (Å²) in [5, 5.41) is 15.5. The van der Waals surface area contributed by atoms with Crippen molar-refractivity contribution in [2.45, 2.75) is 13.8 Å². The summed E-state index contributed by atoms with van der Waals surface area (Å²) >= 11 is 8.24. The number of halogens is 1. The smallest absolute Gasteiger partial charge is 0.350 e. The van der Waals surface area contributed by atoms with Gasteiger partial charge in [-0.25, -0.2) is 14.8 Å². The van der Waals surface area contributed by atoms with E-state index < -0.39 is 11.9 Å². The Labute approximate surface area is 177 Å². The van der Waals surface area contributed by atoms with E-state index in [1.807, 2.05) is 0 Å². The van der Waals surface area contributed by atoms with Crippen LogP contribution in [0.4, 0.5) is 10.3 Å². The molecule has 29 heavy (non-hydrogen) atoms. The highest BCUT2D eigenvalue weighted by Crippen LogP contribution is 2.36. The molecule has 0 atom stereocenters. The number of fused-ring (bicyclic) bond motifs is 1. The zero-order chi connectivity index (χ0) is 20.7. The van der Waals surface area contributed by atoms with Gasteiger partial charge in [0.25, 0.3) is 5.91 Å². The summed E-state index contributed by atoms with van der Waals surface area (Å²) in [4.78, 5) is 37.3. The van der Waals surface area contributed by atoms with Crippen LogP contribution < -0.4 is 15.9 Å². The molecule has 0 unspecified atom stereocenters. The average molecular weight is 449 g/mol. The molecule has 1 aliphatic heterocycles. The molecule has 2 aromatic heterocycles. The minimum Gasteiger partial charge on any atom is -0.492 e. The molecule has 0 saturated heterocycles. The first kappa shape index (κ1) is 19.5. The van der Waals surface area contributed by atoms with Crippen LogP contribution in [-0.4, -0.2) is 33.6 Å². The standard InChI is InChI=1S/C18H13ClN4O4S2/c1-3-27-16(26)12-7(2)20-17(28-12)23-18-22-15(25)13(29-18)11-9-6-8(19)4-5-10(9)21-14(11)24/h4-6,25H,3H2,1-2H3,(H,20,22,23). The Morgan fingerprint density at radius 3 is 2.79 bits per heavy atom. The number of nitrogens with zero attached hydrogens (tertiary/aromatic N) is 3. The van der Waals surface area contributed by atoms with Gasteiger partial charge in [0.1, 0.15) is 9.75 Å². The van der Waals surface area contributed by atoms with Gasteiger partial charge in [0.15, 0.2) is 10.3 Å². The summed E-state index contributed by atoms with van der Waals surface area (Å²) in [7, 11) is 0. The van der Waals surface area contributed by atoms with Crippen LogP contribution in [0.5, 0.6) is 5.88 Å². The molecule has 3 aromatic rings. The van der Waals surface area contributed by atoms with Gasteiger partial charge in [0.05, 0.1) is 23.2 Å². The first-order valence-electron chi connectivity index (χ1n) is 8.42.